The van der Waals surface area contributed by atoms with E-state index in [1.54, 1.807) is 18.2 Å². The molecular weight excluding hydrogens is 321 g/mol. The lowest BCUT2D eigenvalue weighted by atomic mass is 10.3. The van der Waals surface area contributed by atoms with Crippen molar-refractivity contribution in [2.45, 2.75) is 6.18 Å². The van der Waals surface area contributed by atoms with Crippen molar-refractivity contribution in [3.8, 4) is 11.5 Å². The van der Waals surface area contributed by atoms with E-state index in [2.05, 4.69) is 20.3 Å². The Labute approximate surface area is 135 Å². The Morgan fingerprint density at radius 2 is 1.83 bits per heavy atom. The van der Waals surface area contributed by atoms with Gasteiger partial charge in [-0.05, 0) is 30.3 Å². The summed E-state index contributed by atoms with van der Waals surface area (Å²) in [5, 5.41) is 2.99. The predicted molar refractivity (Wildman–Crippen MR) is 85.2 cm³/mol. The lowest BCUT2D eigenvalue weighted by Crippen LogP contribution is -2.23. The molecule has 8 heteroatoms. The highest BCUT2D eigenvalue weighted by molar-refractivity contribution is 6.12. The van der Waals surface area contributed by atoms with Crippen LogP contribution in [0.4, 0.5) is 18.9 Å². The summed E-state index contributed by atoms with van der Waals surface area (Å²) in [6.07, 6.45) is -3.04. The number of halogens is 3. The Bertz CT molecular complexity index is 798. The van der Waals surface area contributed by atoms with Crippen molar-refractivity contribution < 1.29 is 17.9 Å². The molecular formula is C16H13F3N4O. The zero-order valence-electron chi connectivity index (χ0n) is 12.6. The van der Waals surface area contributed by atoms with Crippen molar-refractivity contribution in [2.75, 3.05) is 18.9 Å². The third-order valence-electron chi connectivity index (χ3n) is 3.29. The third-order valence-corrected chi connectivity index (χ3v) is 3.29. The molecule has 0 radical (unpaired) electrons. The molecule has 0 saturated heterocycles. The number of rotatable bonds is 4. The molecule has 1 aromatic heterocycles. The summed E-state index contributed by atoms with van der Waals surface area (Å²) < 4.78 is 43.6. The summed E-state index contributed by atoms with van der Waals surface area (Å²) in [5.74, 6) is 0.993. The molecule has 3 rings (SSSR count). The van der Waals surface area contributed by atoms with Crippen LogP contribution in [-0.2, 0) is 0 Å². The van der Waals surface area contributed by atoms with Crippen LogP contribution >= 0.6 is 0 Å². The summed E-state index contributed by atoms with van der Waals surface area (Å²) in [6.45, 7) is -0.489. The van der Waals surface area contributed by atoms with Gasteiger partial charge in [-0.15, -0.1) is 0 Å². The number of aliphatic imine (C=N–C) groups is 2. The molecule has 0 fully saturated rings. The molecule has 0 saturated carbocycles. The molecule has 1 aliphatic heterocycles. The van der Waals surface area contributed by atoms with Gasteiger partial charge in [0.05, 0.1) is 6.54 Å². The zero-order valence-corrected chi connectivity index (χ0v) is 12.6. The van der Waals surface area contributed by atoms with E-state index in [9.17, 15) is 13.2 Å². The Kier molecular flexibility index (Phi) is 4.20. The van der Waals surface area contributed by atoms with E-state index >= 15 is 0 Å². The maximum absolute atomic E-state index is 12.6. The van der Waals surface area contributed by atoms with Crippen molar-refractivity contribution in [3.05, 3.63) is 48.3 Å². The van der Waals surface area contributed by atoms with Crippen LogP contribution in [0.25, 0.3) is 0 Å². The van der Waals surface area contributed by atoms with Crippen molar-refractivity contribution >= 4 is 17.2 Å². The molecule has 0 bridgehead atoms. The molecule has 5 nitrogen and oxygen atoms in total. The first-order valence-electron chi connectivity index (χ1n) is 7.07. The highest BCUT2D eigenvalue weighted by Gasteiger charge is 2.38. The maximum atomic E-state index is 12.6. The maximum Gasteiger partial charge on any atom is 0.431 e. The predicted octanol–water partition coefficient (Wildman–Crippen LogP) is 3.68. The van der Waals surface area contributed by atoms with Crippen molar-refractivity contribution in [1.82, 2.24) is 4.98 Å². The van der Waals surface area contributed by atoms with Gasteiger partial charge < -0.3 is 10.1 Å². The van der Waals surface area contributed by atoms with Gasteiger partial charge in [-0.25, -0.2) is 4.99 Å². The van der Waals surface area contributed by atoms with Crippen LogP contribution in [0.1, 0.15) is 5.69 Å². The summed E-state index contributed by atoms with van der Waals surface area (Å²) in [5.41, 5.74) is 0.249. The van der Waals surface area contributed by atoms with E-state index < -0.39 is 18.4 Å². The Balaban J connectivity index is 1.78. The van der Waals surface area contributed by atoms with E-state index in [0.29, 0.717) is 11.5 Å². The Hall–Kier alpha value is -2.90. The van der Waals surface area contributed by atoms with Gasteiger partial charge in [0, 0.05) is 25.0 Å². The van der Waals surface area contributed by atoms with Crippen LogP contribution in [0.15, 0.2) is 52.6 Å². The Morgan fingerprint density at radius 3 is 2.46 bits per heavy atom. The molecule has 1 N–H and O–H groups in total. The fourth-order valence-corrected chi connectivity index (χ4v) is 2.06. The minimum absolute atomic E-state index is 0.0432. The molecule has 0 spiro atoms. The number of pyridine rings is 1. The second-order valence-corrected chi connectivity index (χ2v) is 4.95. The van der Waals surface area contributed by atoms with Gasteiger partial charge in [-0.2, -0.15) is 13.2 Å². The van der Waals surface area contributed by atoms with Crippen LogP contribution < -0.4 is 10.1 Å². The summed E-state index contributed by atoms with van der Waals surface area (Å²) in [4.78, 5) is 11.3. The molecule has 1 aromatic carbocycles. The van der Waals surface area contributed by atoms with Gasteiger partial charge in [0.15, 0.2) is 5.84 Å². The fourth-order valence-electron chi connectivity index (χ4n) is 2.06. The van der Waals surface area contributed by atoms with Crippen molar-refractivity contribution in [1.29, 1.82) is 0 Å². The van der Waals surface area contributed by atoms with E-state index in [1.165, 1.54) is 12.3 Å². The average Bonchev–Trinajstić information content (AvgIpc) is 3.06. The monoisotopic (exact) mass is 334 g/mol. The molecule has 0 amide bonds. The van der Waals surface area contributed by atoms with Crippen molar-refractivity contribution in [2.24, 2.45) is 9.98 Å². The fraction of sp³-hybridized carbons (Fsp3) is 0.188. The van der Waals surface area contributed by atoms with E-state index in [-0.39, 0.29) is 11.5 Å². The lowest BCUT2D eigenvalue weighted by molar-refractivity contribution is -0.0592. The lowest BCUT2D eigenvalue weighted by Gasteiger charge is -2.07. The first-order valence-corrected chi connectivity index (χ1v) is 7.07. The van der Waals surface area contributed by atoms with Crippen LogP contribution in [-0.4, -0.2) is 36.3 Å². The first kappa shape index (κ1) is 16.0. The van der Waals surface area contributed by atoms with Gasteiger partial charge >= 0.3 is 6.18 Å². The SMILES string of the molecule is CNc1ccc(Oc2ccnc(C3=NCC(C(F)(F)F)=N3)c2)cc1. The number of ether oxygens (including phenoxy) is 1. The Morgan fingerprint density at radius 1 is 1.08 bits per heavy atom. The number of anilines is 1. The zero-order chi connectivity index (χ0) is 17.2. The van der Waals surface area contributed by atoms with Gasteiger partial charge in [-0.1, -0.05) is 0 Å². The number of hydrogen-bond donors (Lipinski definition) is 1. The normalized spacial score (nSPS) is 14.2. The number of hydrogen-bond acceptors (Lipinski definition) is 5. The summed E-state index contributed by atoms with van der Waals surface area (Å²) in [6, 6.07) is 10.4. The quantitative estimate of drug-likeness (QED) is 0.928. The van der Waals surface area contributed by atoms with E-state index in [0.717, 1.165) is 5.69 Å². The van der Waals surface area contributed by atoms with Crippen LogP contribution in [0.2, 0.25) is 0 Å². The highest BCUT2D eigenvalue weighted by Crippen LogP contribution is 2.25. The van der Waals surface area contributed by atoms with Crippen LogP contribution in [0.5, 0.6) is 11.5 Å². The second kappa shape index (κ2) is 6.31. The standard InChI is InChI=1S/C16H13F3N4O/c1-20-10-2-4-11(5-3-10)24-12-6-7-21-13(8-12)15-22-9-14(23-15)16(17,18)19/h2-8,20H,9H2,1H3. The van der Waals surface area contributed by atoms with Gasteiger partial charge in [0.25, 0.3) is 0 Å². The molecule has 0 aliphatic carbocycles. The molecule has 0 atom stereocenters. The molecule has 2 heterocycles. The molecule has 1 aliphatic rings. The molecule has 124 valence electrons. The second-order valence-electron chi connectivity index (χ2n) is 4.95. The van der Waals surface area contributed by atoms with E-state index in [4.69, 9.17) is 4.74 Å². The molecule has 2 aromatic rings. The van der Waals surface area contributed by atoms with Gasteiger partial charge in [0.2, 0.25) is 0 Å². The number of alkyl halides is 3. The highest BCUT2D eigenvalue weighted by atomic mass is 19.4. The van der Waals surface area contributed by atoms with Crippen LogP contribution in [0, 0.1) is 0 Å². The van der Waals surface area contributed by atoms with Gasteiger partial charge in [0.1, 0.15) is 22.9 Å². The summed E-state index contributed by atoms with van der Waals surface area (Å²) in [7, 11) is 1.81. The number of benzene rings is 1. The number of nitrogens with one attached hydrogen (secondary N) is 1. The van der Waals surface area contributed by atoms with Gasteiger partial charge in [-0.3, -0.25) is 9.98 Å². The van der Waals surface area contributed by atoms with Crippen LogP contribution in [0.3, 0.4) is 0 Å². The largest absolute Gasteiger partial charge is 0.457 e. The molecule has 24 heavy (non-hydrogen) atoms. The molecule has 0 unspecified atom stereocenters. The number of aromatic nitrogens is 1. The number of nitrogens with zero attached hydrogens (tertiary/aromatic N) is 3. The average molecular weight is 334 g/mol. The minimum atomic E-state index is -4.48. The first-order chi connectivity index (χ1) is 11.5. The summed E-state index contributed by atoms with van der Waals surface area (Å²) >= 11 is 0. The number of amidine groups is 1. The van der Waals surface area contributed by atoms with Crippen molar-refractivity contribution in [3.63, 3.8) is 0 Å². The smallest absolute Gasteiger partial charge is 0.431 e. The third kappa shape index (κ3) is 3.53. The topological polar surface area (TPSA) is 58.9 Å². The minimum Gasteiger partial charge on any atom is -0.457 e. The van der Waals surface area contributed by atoms with E-state index in [1.807, 2.05) is 19.2 Å².